The van der Waals surface area contributed by atoms with E-state index < -0.39 is 0 Å². The van der Waals surface area contributed by atoms with Crippen molar-refractivity contribution in [3.05, 3.63) is 58.6 Å². The second-order valence-corrected chi connectivity index (χ2v) is 7.46. The SMILES string of the molecule is Cc1cccc(C)c1N=C1SCCN1C(=S)Nc1cccc(Cl)c1. The van der Waals surface area contributed by atoms with Crippen molar-refractivity contribution in [1.82, 2.24) is 4.90 Å². The molecule has 1 heterocycles. The first-order chi connectivity index (χ1) is 11.5. The van der Waals surface area contributed by atoms with Crippen molar-refractivity contribution in [2.45, 2.75) is 13.8 Å². The minimum Gasteiger partial charge on any atom is -0.332 e. The summed E-state index contributed by atoms with van der Waals surface area (Å²) < 4.78 is 0. The second kappa shape index (κ2) is 7.55. The Kier molecular flexibility index (Phi) is 5.43. The number of halogens is 1. The molecule has 1 fully saturated rings. The van der Waals surface area contributed by atoms with E-state index in [0.717, 1.165) is 28.8 Å². The summed E-state index contributed by atoms with van der Waals surface area (Å²) in [7, 11) is 0. The van der Waals surface area contributed by atoms with Crippen LogP contribution in [0.3, 0.4) is 0 Å². The molecule has 0 bridgehead atoms. The average molecular weight is 376 g/mol. The molecule has 1 N–H and O–H groups in total. The van der Waals surface area contributed by atoms with Gasteiger partial charge in [0.1, 0.15) is 0 Å². The molecule has 0 radical (unpaired) electrons. The molecule has 1 aliphatic rings. The topological polar surface area (TPSA) is 27.6 Å². The van der Waals surface area contributed by atoms with Gasteiger partial charge in [0.15, 0.2) is 10.3 Å². The Labute approximate surface area is 157 Å². The molecule has 1 aliphatic heterocycles. The summed E-state index contributed by atoms with van der Waals surface area (Å²) >= 11 is 13.3. The van der Waals surface area contributed by atoms with Gasteiger partial charge in [-0.3, -0.25) is 4.90 Å². The van der Waals surface area contributed by atoms with E-state index >= 15 is 0 Å². The molecule has 6 heteroatoms. The summed E-state index contributed by atoms with van der Waals surface area (Å²) in [6.07, 6.45) is 0. The number of nitrogens with zero attached hydrogens (tertiary/aromatic N) is 2. The van der Waals surface area contributed by atoms with Crippen LogP contribution in [0.4, 0.5) is 11.4 Å². The molecule has 2 aromatic carbocycles. The summed E-state index contributed by atoms with van der Waals surface area (Å²) in [5.74, 6) is 0.973. The maximum absolute atomic E-state index is 6.03. The predicted octanol–water partition coefficient (Wildman–Crippen LogP) is 5.39. The monoisotopic (exact) mass is 375 g/mol. The number of thiocarbonyl (C=S) groups is 1. The highest BCUT2D eigenvalue weighted by Crippen LogP contribution is 2.28. The van der Waals surface area contributed by atoms with Crippen LogP contribution in [0.1, 0.15) is 11.1 Å². The highest BCUT2D eigenvalue weighted by molar-refractivity contribution is 8.14. The van der Waals surface area contributed by atoms with Gasteiger partial charge in [-0.1, -0.05) is 47.6 Å². The molecular formula is C18H18ClN3S2. The predicted molar refractivity (Wildman–Crippen MR) is 110 cm³/mol. The maximum atomic E-state index is 6.03. The minimum atomic E-state index is 0.646. The number of aliphatic imine (C=N–C) groups is 1. The van der Waals surface area contributed by atoms with Crippen LogP contribution < -0.4 is 5.32 Å². The van der Waals surface area contributed by atoms with Crippen molar-refractivity contribution in [3.63, 3.8) is 0 Å². The third-order valence-electron chi connectivity index (χ3n) is 3.74. The Morgan fingerprint density at radius 3 is 2.62 bits per heavy atom. The van der Waals surface area contributed by atoms with E-state index in [-0.39, 0.29) is 0 Å². The first-order valence-electron chi connectivity index (χ1n) is 7.66. The molecule has 0 aliphatic carbocycles. The van der Waals surface area contributed by atoms with Crippen LogP contribution in [0.2, 0.25) is 5.02 Å². The van der Waals surface area contributed by atoms with Crippen LogP contribution in [0.15, 0.2) is 47.5 Å². The molecule has 124 valence electrons. The van der Waals surface area contributed by atoms with Gasteiger partial charge >= 0.3 is 0 Å². The summed E-state index contributed by atoms with van der Waals surface area (Å²) in [5, 5.41) is 5.51. The summed E-state index contributed by atoms with van der Waals surface area (Å²) in [6.45, 7) is 5.01. The average Bonchev–Trinajstić information content (AvgIpc) is 2.99. The highest BCUT2D eigenvalue weighted by Gasteiger charge is 2.24. The maximum Gasteiger partial charge on any atom is 0.179 e. The Balaban J connectivity index is 1.82. The highest BCUT2D eigenvalue weighted by atomic mass is 35.5. The normalized spacial score (nSPS) is 15.8. The number of amidine groups is 1. The van der Waals surface area contributed by atoms with Crippen LogP contribution in [0, 0.1) is 13.8 Å². The van der Waals surface area contributed by atoms with Gasteiger partial charge in [0.05, 0.1) is 5.69 Å². The van der Waals surface area contributed by atoms with Gasteiger partial charge in [0.2, 0.25) is 0 Å². The molecule has 24 heavy (non-hydrogen) atoms. The van der Waals surface area contributed by atoms with Gasteiger partial charge in [-0.25, -0.2) is 4.99 Å². The molecule has 0 amide bonds. The Morgan fingerprint density at radius 1 is 1.21 bits per heavy atom. The lowest BCUT2D eigenvalue weighted by molar-refractivity contribution is 0.687. The van der Waals surface area contributed by atoms with E-state index in [1.165, 1.54) is 11.1 Å². The number of hydrogen-bond acceptors (Lipinski definition) is 3. The lowest BCUT2D eigenvalue weighted by atomic mass is 10.1. The fourth-order valence-electron chi connectivity index (χ4n) is 2.52. The second-order valence-electron chi connectivity index (χ2n) is 5.58. The lowest BCUT2D eigenvalue weighted by Gasteiger charge is -2.20. The molecular weight excluding hydrogens is 358 g/mol. The van der Waals surface area contributed by atoms with E-state index in [1.54, 1.807) is 11.8 Å². The standard InChI is InChI=1S/C18H18ClN3S2/c1-12-5-3-6-13(2)16(12)21-18-22(9-10-24-18)17(23)20-15-8-4-7-14(19)11-15/h3-8,11H,9-10H2,1-2H3,(H,20,23). The van der Waals surface area contributed by atoms with Crippen molar-refractivity contribution in [2.24, 2.45) is 4.99 Å². The van der Waals surface area contributed by atoms with Crippen LogP contribution in [0.5, 0.6) is 0 Å². The zero-order valence-electron chi connectivity index (χ0n) is 13.5. The number of hydrogen-bond donors (Lipinski definition) is 1. The van der Waals surface area contributed by atoms with Gasteiger partial charge in [0.25, 0.3) is 0 Å². The van der Waals surface area contributed by atoms with Gasteiger partial charge in [0, 0.05) is 23.0 Å². The van der Waals surface area contributed by atoms with Crippen LogP contribution in [0.25, 0.3) is 0 Å². The van der Waals surface area contributed by atoms with Crippen molar-refractivity contribution in [1.29, 1.82) is 0 Å². The van der Waals surface area contributed by atoms with Gasteiger partial charge < -0.3 is 5.32 Å². The van der Waals surface area contributed by atoms with Crippen molar-refractivity contribution in [3.8, 4) is 0 Å². The first-order valence-corrected chi connectivity index (χ1v) is 9.43. The molecule has 0 aromatic heterocycles. The number of benzene rings is 2. The number of anilines is 1. The summed E-state index contributed by atoms with van der Waals surface area (Å²) in [5.41, 5.74) is 4.25. The number of nitrogens with one attached hydrogen (secondary N) is 1. The third kappa shape index (κ3) is 3.91. The van der Waals surface area contributed by atoms with Crippen LogP contribution in [-0.4, -0.2) is 27.5 Å². The Bertz CT molecular complexity index is 784. The van der Waals surface area contributed by atoms with Gasteiger partial charge in [-0.05, 0) is 55.4 Å². The molecule has 0 atom stereocenters. The molecule has 3 nitrogen and oxygen atoms in total. The largest absolute Gasteiger partial charge is 0.332 e. The Morgan fingerprint density at radius 2 is 1.92 bits per heavy atom. The van der Waals surface area contributed by atoms with Crippen LogP contribution in [-0.2, 0) is 0 Å². The van der Waals surface area contributed by atoms with Gasteiger partial charge in [-0.15, -0.1) is 0 Å². The van der Waals surface area contributed by atoms with E-state index in [9.17, 15) is 0 Å². The van der Waals surface area contributed by atoms with Gasteiger partial charge in [-0.2, -0.15) is 0 Å². The quantitative estimate of drug-likeness (QED) is 0.712. The number of thioether (sulfide) groups is 1. The zero-order valence-corrected chi connectivity index (χ0v) is 15.9. The van der Waals surface area contributed by atoms with Crippen molar-refractivity contribution in [2.75, 3.05) is 17.6 Å². The van der Waals surface area contributed by atoms with Crippen LogP contribution >= 0.6 is 35.6 Å². The first kappa shape index (κ1) is 17.3. The molecule has 0 unspecified atom stereocenters. The fraction of sp³-hybridized carbons (Fsp3) is 0.222. The fourth-order valence-corrected chi connectivity index (χ4v) is 4.01. The Hall–Kier alpha value is -1.56. The summed E-state index contributed by atoms with van der Waals surface area (Å²) in [6, 6.07) is 13.8. The lowest BCUT2D eigenvalue weighted by Crippen LogP contribution is -2.35. The molecule has 0 spiro atoms. The van der Waals surface area contributed by atoms with E-state index in [0.29, 0.717) is 10.1 Å². The number of aryl methyl sites for hydroxylation is 2. The number of para-hydroxylation sites is 1. The molecule has 3 rings (SSSR count). The molecule has 1 saturated heterocycles. The zero-order chi connectivity index (χ0) is 17.1. The third-order valence-corrected chi connectivity index (χ3v) is 5.26. The van der Waals surface area contributed by atoms with E-state index in [4.69, 9.17) is 28.8 Å². The smallest absolute Gasteiger partial charge is 0.179 e. The summed E-state index contributed by atoms with van der Waals surface area (Å²) in [4.78, 5) is 6.92. The van der Waals surface area contributed by atoms with E-state index in [1.807, 2.05) is 29.2 Å². The molecule has 0 saturated carbocycles. The molecule has 2 aromatic rings. The van der Waals surface area contributed by atoms with Crippen molar-refractivity contribution < 1.29 is 0 Å². The van der Waals surface area contributed by atoms with E-state index in [2.05, 4.69) is 37.4 Å². The minimum absolute atomic E-state index is 0.646. The van der Waals surface area contributed by atoms with Crippen molar-refractivity contribution >= 4 is 57.2 Å². The number of rotatable bonds is 2.